The molecule has 10 heteroatoms. The van der Waals surface area contributed by atoms with E-state index in [0.717, 1.165) is 12.0 Å². The molecule has 0 spiro atoms. The van der Waals surface area contributed by atoms with Gasteiger partial charge >= 0.3 is 18.0 Å². The van der Waals surface area contributed by atoms with Crippen molar-refractivity contribution in [3.8, 4) is 0 Å². The maximum absolute atomic E-state index is 12.7. The van der Waals surface area contributed by atoms with E-state index in [9.17, 15) is 19.2 Å². The van der Waals surface area contributed by atoms with Gasteiger partial charge in [-0.3, -0.25) is 4.79 Å². The van der Waals surface area contributed by atoms with Crippen LogP contribution in [-0.4, -0.2) is 48.5 Å². The fourth-order valence-electron chi connectivity index (χ4n) is 3.96. The van der Waals surface area contributed by atoms with Crippen LogP contribution in [-0.2, 0) is 25.6 Å². The fraction of sp³-hybridized carbons (Fsp3) is 0.333. The molecule has 3 heterocycles. The van der Waals surface area contributed by atoms with Crippen LogP contribution in [0.25, 0.3) is 0 Å². The zero-order valence-electron chi connectivity index (χ0n) is 18.7. The van der Waals surface area contributed by atoms with Gasteiger partial charge in [-0.2, -0.15) is 0 Å². The number of carbonyl (C=O) groups excluding carboxylic acids is 4. The van der Waals surface area contributed by atoms with Gasteiger partial charge in [0.15, 0.2) is 0 Å². The molecular formula is C24H25N3O7. The number of rotatable bonds is 8. The van der Waals surface area contributed by atoms with E-state index in [1.54, 1.807) is 42.2 Å². The number of hydrogen-bond acceptors (Lipinski definition) is 7. The fourth-order valence-corrected chi connectivity index (χ4v) is 3.96. The molecule has 2 aromatic rings. The van der Waals surface area contributed by atoms with Crippen molar-refractivity contribution >= 4 is 23.9 Å². The molecule has 34 heavy (non-hydrogen) atoms. The molecule has 10 nitrogen and oxygen atoms in total. The molecule has 1 atom stereocenters. The summed E-state index contributed by atoms with van der Waals surface area (Å²) in [4.78, 5) is 51.3. The van der Waals surface area contributed by atoms with Crippen LogP contribution in [0, 0.1) is 0 Å². The van der Waals surface area contributed by atoms with Crippen molar-refractivity contribution in [2.45, 2.75) is 32.4 Å². The van der Waals surface area contributed by atoms with E-state index >= 15 is 0 Å². The molecule has 0 radical (unpaired) electrons. The number of hydrogen-bond donors (Lipinski definition) is 2. The lowest BCUT2D eigenvalue weighted by molar-refractivity contribution is -0.139. The molecule has 2 aliphatic rings. The summed E-state index contributed by atoms with van der Waals surface area (Å²) in [6.45, 7) is 2.55. The lowest BCUT2D eigenvalue weighted by Gasteiger charge is -2.27. The average Bonchev–Trinajstić information content (AvgIpc) is 3.50. The van der Waals surface area contributed by atoms with Gasteiger partial charge in [-0.15, -0.1) is 0 Å². The molecule has 2 N–H and O–H groups in total. The van der Waals surface area contributed by atoms with Crippen LogP contribution in [0.3, 0.4) is 0 Å². The van der Waals surface area contributed by atoms with E-state index in [-0.39, 0.29) is 30.4 Å². The summed E-state index contributed by atoms with van der Waals surface area (Å²) in [5, 5.41) is 5.16. The second-order valence-corrected chi connectivity index (χ2v) is 7.85. The molecule has 1 fully saturated rings. The lowest BCUT2D eigenvalue weighted by Crippen LogP contribution is -2.47. The van der Waals surface area contributed by atoms with Crippen LogP contribution in [0.15, 0.2) is 58.3 Å². The number of nitrogens with one attached hydrogen (secondary N) is 2. The average molecular weight is 467 g/mol. The number of likely N-dealkylation sites (tertiary alicyclic amines) is 1. The van der Waals surface area contributed by atoms with Crippen molar-refractivity contribution in [2.24, 2.45) is 0 Å². The van der Waals surface area contributed by atoms with Gasteiger partial charge in [0.2, 0.25) is 5.91 Å². The van der Waals surface area contributed by atoms with Crippen molar-refractivity contribution < 1.29 is 33.1 Å². The molecule has 178 valence electrons. The van der Waals surface area contributed by atoms with E-state index in [0.29, 0.717) is 30.8 Å². The van der Waals surface area contributed by atoms with Gasteiger partial charge in [-0.1, -0.05) is 12.1 Å². The number of amides is 3. The van der Waals surface area contributed by atoms with E-state index in [2.05, 4.69) is 10.6 Å². The number of esters is 2. The van der Waals surface area contributed by atoms with Crippen molar-refractivity contribution in [1.29, 1.82) is 0 Å². The minimum absolute atomic E-state index is 0.0884. The van der Waals surface area contributed by atoms with E-state index in [1.165, 1.54) is 6.26 Å². The predicted octanol–water partition coefficient (Wildman–Crippen LogP) is 2.43. The van der Waals surface area contributed by atoms with Crippen LogP contribution in [0.4, 0.5) is 4.79 Å². The van der Waals surface area contributed by atoms with Gasteiger partial charge in [-0.25, -0.2) is 14.4 Å². The van der Waals surface area contributed by atoms with E-state index in [4.69, 9.17) is 13.9 Å². The Morgan fingerprint density at radius 1 is 1.15 bits per heavy atom. The minimum atomic E-state index is -0.891. The molecule has 0 bridgehead atoms. The zero-order valence-corrected chi connectivity index (χ0v) is 18.7. The highest BCUT2D eigenvalue weighted by Crippen LogP contribution is 2.28. The van der Waals surface area contributed by atoms with Gasteiger partial charge < -0.3 is 29.4 Å². The van der Waals surface area contributed by atoms with Crippen LogP contribution in [0.2, 0.25) is 0 Å². The van der Waals surface area contributed by atoms with Crippen LogP contribution >= 0.6 is 0 Å². The Kier molecular flexibility index (Phi) is 6.95. The third-order valence-corrected chi connectivity index (χ3v) is 5.53. The first-order valence-electron chi connectivity index (χ1n) is 11.0. The first-order chi connectivity index (χ1) is 16.5. The molecule has 1 saturated heterocycles. The number of furan rings is 1. The van der Waals surface area contributed by atoms with Crippen LogP contribution in [0.1, 0.15) is 47.5 Å². The number of ether oxygens (including phenoxy) is 2. The highest BCUT2D eigenvalue weighted by atomic mass is 16.5. The summed E-state index contributed by atoms with van der Waals surface area (Å²) >= 11 is 0. The lowest BCUT2D eigenvalue weighted by atomic mass is 10.0. The first-order valence-corrected chi connectivity index (χ1v) is 11.0. The quantitative estimate of drug-likeness (QED) is 0.571. The second-order valence-electron chi connectivity index (χ2n) is 7.85. The summed E-state index contributed by atoms with van der Waals surface area (Å²) in [7, 11) is 0. The number of urea groups is 1. The Morgan fingerprint density at radius 2 is 2.00 bits per heavy atom. The van der Waals surface area contributed by atoms with Crippen LogP contribution < -0.4 is 10.6 Å². The van der Waals surface area contributed by atoms with Gasteiger partial charge in [0, 0.05) is 19.5 Å². The predicted molar refractivity (Wildman–Crippen MR) is 118 cm³/mol. The van der Waals surface area contributed by atoms with Gasteiger partial charge in [-0.05, 0) is 43.2 Å². The Labute approximate surface area is 195 Å². The van der Waals surface area contributed by atoms with Gasteiger partial charge in [0.1, 0.15) is 18.4 Å². The van der Waals surface area contributed by atoms with Crippen LogP contribution in [0.5, 0.6) is 0 Å². The standard InChI is InChI=1S/C24H25N3O7/c1-2-32-23(30)20-17(25-24(31)26-21(20)18-8-5-11-33-18)14-34-22(29)16-7-3-6-15(12-16)13-27-10-4-9-19(27)28/h3,5-8,11-12,21H,2,4,9-10,13-14H2,1H3,(H2,25,26,31). The third kappa shape index (κ3) is 5.11. The maximum Gasteiger partial charge on any atom is 0.338 e. The largest absolute Gasteiger partial charge is 0.467 e. The summed E-state index contributed by atoms with van der Waals surface area (Å²) in [6.07, 6.45) is 2.80. The second kappa shape index (κ2) is 10.2. The smallest absolute Gasteiger partial charge is 0.338 e. The van der Waals surface area contributed by atoms with Gasteiger partial charge in [0.25, 0.3) is 0 Å². The Morgan fingerprint density at radius 3 is 2.71 bits per heavy atom. The summed E-state index contributed by atoms with van der Waals surface area (Å²) < 4.78 is 16.0. The van der Waals surface area contributed by atoms with Crippen molar-refractivity contribution in [2.75, 3.05) is 19.8 Å². The molecule has 1 aromatic heterocycles. The molecule has 0 saturated carbocycles. The topological polar surface area (TPSA) is 127 Å². The minimum Gasteiger partial charge on any atom is -0.467 e. The molecule has 0 aliphatic carbocycles. The zero-order chi connectivity index (χ0) is 24.1. The maximum atomic E-state index is 12.7. The third-order valence-electron chi connectivity index (χ3n) is 5.53. The number of carbonyl (C=O) groups is 4. The SMILES string of the molecule is CCOC(=O)C1=C(COC(=O)c2cccc(CN3CCCC3=O)c2)NC(=O)NC1c1ccco1. The Hall–Kier alpha value is -4.08. The normalized spacial score (nSPS) is 17.9. The van der Waals surface area contributed by atoms with E-state index in [1.807, 2.05) is 6.07 Å². The van der Waals surface area contributed by atoms with E-state index < -0.39 is 24.0 Å². The first kappa shape index (κ1) is 23.1. The van der Waals surface area contributed by atoms with Crippen molar-refractivity contribution in [3.63, 3.8) is 0 Å². The Bertz CT molecular complexity index is 1120. The summed E-state index contributed by atoms with van der Waals surface area (Å²) in [6, 6.07) is 8.62. The summed E-state index contributed by atoms with van der Waals surface area (Å²) in [5.74, 6) is -0.863. The highest BCUT2D eigenvalue weighted by Gasteiger charge is 2.35. The number of nitrogens with zero attached hydrogens (tertiary/aromatic N) is 1. The molecule has 1 unspecified atom stereocenters. The highest BCUT2D eigenvalue weighted by molar-refractivity contribution is 5.95. The molecule has 1 aromatic carbocycles. The molecule has 4 rings (SSSR count). The monoisotopic (exact) mass is 467 g/mol. The number of benzene rings is 1. The van der Waals surface area contributed by atoms with Crippen molar-refractivity contribution in [1.82, 2.24) is 15.5 Å². The summed E-state index contributed by atoms with van der Waals surface area (Å²) in [5.41, 5.74) is 1.30. The Balaban J connectivity index is 1.52. The molecule has 2 aliphatic heterocycles. The van der Waals surface area contributed by atoms with Crippen molar-refractivity contribution in [3.05, 3.63) is 70.8 Å². The molecular weight excluding hydrogens is 442 g/mol. The molecule has 3 amide bonds. The van der Waals surface area contributed by atoms with Gasteiger partial charge in [0.05, 0.1) is 29.7 Å².